The van der Waals surface area contributed by atoms with Crippen LogP contribution in [0.4, 0.5) is 8.78 Å². The van der Waals surface area contributed by atoms with E-state index < -0.39 is 5.54 Å². The third kappa shape index (κ3) is 3.13. The fraction of sp³-hybridized carbons (Fsp3) is 0.182. The first-order valence-electron chi connectivity index (χ1n) is 9.18. The van der Waals surface area contributed by atoms with Crippen molar-refractivity contribution in [2.45, 2.75) is 19.4 Å². The lowest BCUT2D eigenvalue weighted by molar-refractivity contribution is -0.132. The highest BCUT2D eigenvalue weighted by Crippen LogP contribution is 2.40. The molecule has 2 heterocycles. The standard InChI is InChI=1S/C22H20F2N4O/c1-22(2)21-26-19(14-3-7-16(23)8-4-14)20(15-5-9-17(24)10-6-15)27(21)11-12-28(22)18(29)13-25/h3-12H,13,25H2,1-2H3. The van der Waals surface area contributed by atoms with Crippen LogP contribution in [0.5, 0.6) is 0 Å². The second-order valence-corrected chi connectivity index (χ2v) is 7.34. The molecule has 3 aromatic rings. The monoisotopic (exact) mass is 394 g/mol. The summed E-state index contributed by atoms with van der Waals surface area (Å²) in [6, 6.07) is 12.1. The number of imidazole rings is 1. The highest BCUT2D eigenvalue weighted by Gasteiger charge is 2.39. The average molecular weight is 394 g/mol. The molecule has 0 saturated carbocycles. The molecule has 1 aliphatic rings. The summed E-state index contributed by atoms with van der Waals surface area (Å²) >= 11 is 0. The summed E-state index contributed by atoms with van der Waals surface area (Å²) in [5.41, 5.74) is 7.62. The molecule has 0 spiro atoms. The quantitative estimate of drug-likeness (QED) is 0.731. The smallest absolute Gasteiger partial charge is 0.241 e. The molecule has 0 bridgehead atoms. The van der Waals surface area contributed by atoms with Gasteiger partial charge in [-0.25, -0.2) is 13.8 Å². The number of rotatable bonds is 3. The predicted octanol–water partition coefficient (Wildman–Crippen LogP) is 3.96. The van der Waals surface area contributed by atoms with E-state index in [9.17, 15) is 13.6 Å². The van der Waals surface area contributed by atoms with Crippen molar-refractivity contribution in [3.05, 3.63) is 72.2 Å². The second kappa shape index (κ2) is 6.93. The molecule has 1 aromatic heterocycles. The maximum Gasteiger partial charge on any atom is 0.241 e. The molecule has 0 saturated heterocycles. The lowest BCUT2D eigenvalue weighted by Crippen LogP contribution is -2.47. The van der Waals surface area contributed by atoms with Crippen molar-refractivity contribution >= 4 is 12.1 Å². The minimum atomic E-state index is -0.766. The molecule has 0 radical (unpaired) electrons. The number of halogens is 2. The first-order valence-corrected chi connectivity index (χ1v) is 9.18. The highest BCUT2D eigenvalue weighted by molar-refractivity contribution is 5.84. The molecule has 0 atom stereocenters. The summed E-state index contributed by atoms with van der Waals surface area (Å²) in [5, 5.41) is 0. The van der Waals surface area contributed by atoms with E-state index in [1.54, 1.807) is 41.6 Å². The van der Waals surface area contributed by atoms with Crippen molar-refractivity contribution in [3.63, 3.8) is 0 Å². The van der Waals surface area contributed by atoms with Crippen molar-refractivity contribution in [2.24, 2.45) is 5.73 Å². The summed E-state index contributed by atoms with van der Waals surface area (Å²) < 4.78 is 28.8. The van der Waals surface area contributed by atoms with Crippen molar-refractivity contribution in [1.82, 2.24) is 14.5 Å². The Bertz CT molecular complexity index is 1100. The van der Waals surface area contributed by atoms with Gasteiger partial charge in [0.2, 0.25) is 5.91 Å². The van der Waals surface area contributed by atoms with E-state index in [4.69, 9.17) is 10.7 Å². The molecular formula is C22H20F2N4O. The van der Waals surface area contributed by atoms with Gasteiger partial charge in [-0.05, 0) is 62.4 Å². The van der Waals surface area contributed by atoms with E-state index in [2.05, 4.69) is 0 Å². The van der Waals surface area contributed by atoms with E-state index in [0.29, 0.717) is 17.1 Å². The van der Waals surface area contributed by atoms with E-state index in [1.807, 2.05) is 18.4 Å². The Labute approximate surface area is 167 Å². The van der Waals surface area contributed by atoms with Crippen LogP contribution in [0, 0.1) is 11.6 Å². The topological polar surface area (TPSA) is 64.2 Å². The van der Waals surface area contributed by atoms with Gasteiger partial charge >= 0.3 is 0 Å². The first kappa shape index (κ1) is 19.0. The normalized spacial score (nSPS) is 14.7. The minimum Gasteiger partial charge on any atom is -0.322 e. The van der Waals surface area contributed by atoms with Crippen molar-refractivity contribution in [1.29, 1.82) is 0 Å². The maximum absolute atomic E-state index is 13.5. The molecule has 29 heavy (non-hydrogen) atoms. The molecule has 4 rings (SSSR count). The number of carbonyl (C=O) groups excluding carboxylic acids is 1. The van der Waals surface area contributed by atoms with Crippen LogP contribution in [0.2, 0.25) is 0 Å². The number of amides is 1. The molecule has 1 amide bonds. The van der Waals surface area contributed by atoms with E-state index in [0.717, 1.165) is 11.3 Å². The number of fused-ring (bicyclic) bond motifs is 1. The van der Waals surface area contributed by atoms with Crippen LogP contribution in [0.3, 0.4) is 0 Å². The number of hydrogen-bond donors (Lipinski definition) is 1. The van der Waals surface area contributed by atoms with Crippen LogP contribution in [-0.2, 0) is 10.3 Å². The Morgan fingerprint density at radius 2 is 1.52 bits per heavy atom. The third-order valence-corrected chi connectivity index (χ3v) is 5.10. The summed E-state index contributed by atoms with van der Waals surface area (Å²) in [4.78, 5) is 18.7. The number of benzene rings is 2. The van der Waals surface area contributed by atoms with Crippen LogP contribution < -0.4 is 5.73 Å². The zero-order valence-electron chi connectivity index (χ0n) is 16.1. The molecule has 1 aliphatic heterocycles. The molecule has 5 nitrogen and oxygen atoms in total. The molecule has 0 unspecified atom stereocenters. The zero-order valence-corrected chi connectivity index (χ0v) is 16.1. The number of nitrogens with zero attached hydrogens (tertiary/aromatic N) is 3. The van der Waals surface area contributed by atoms with Gasteiger partial charge in [-0.3, -0.25) is 9.36 Å². The van der Waals surface area contributed by atoms with Crippen molar-refractivity contribution < 1.29 is 13.6 Å². The van der Waals surface area contributed by atoms with Crippen molar-refractivity contribution in [3.8, 4) is 22.5 Å². The Hall–Kier alpha value is -3.32. The van der Waals surface area contributed by atoms with Crippen LogP contribution in [0.1, 0.15) is 19.7 Å². The molecule has 0 aliphatic carbocycles. The summed E-state index contributed by atoms with van der Waals surface area (Å²) in [6.07, 6.45) is 3.41. The number of nitrogens with two attached hydrogens (primary N) is 1. The molecule has 2 N–H and O–H groups in total. The fourth-order valence-electron chi connectivity index (χ4n) is 3.62. The lowest BCUT2D eigenvalue weighted by atomic mass is 10.00. The Morgan fingerprint density at radius 3 is 2.07 bits per heavy atom. The van der Waals surface area contributed by atoms with Gasteiger partial charge in [0.25, 0.3) is 0 Å². The largest absolute Gasteiger partial charge is 0.322 e. The van der Waals surface area contributed by atoms with E-state index >= 15 is 0 Å². The Kier molecular flexibility index (Phi) is 4.55. The van der Waals surface area contributed by atoms with Gasteiger partial charge in [0, 0.05) is 23.5 Å². The number of aromatic nitrogens is 2. The van der Waals surface area contributed by atoms with Gasteiger partial charge < -0.3 is 10.6 Å². The van der Waals surface area contributed by atoms with Crippen LogP contribution in [0.25, 0.3) is 28.7 Å². The summed E-state index contributed by atoms with van der Waals surface area (Å²) in [6.45, 7) is 3.64. The zero-order chi connectivity index (χ0) is 20.8. The lowest BCUT2D eigenvalue weighted by Gasteiger charge is -2.38. The van der Waals surface area contributed by atoms with E-state index in [1.165, 1.54) is 24.3 Å². The summed E-state index contributed by atoms with van der Waals surface area (Å²) in [7, 11) is 0. The summed E-state index contributed by atoms with van der Waals surface area (Å²) in [5.74, 6) is -0.292. The number of hydrogen-bond acceptors (Lipinski definition) is 3. The van der Waals surface area contributed by atoms with Crippen LogP contribution >= 0.6 is 0 Å². The maximum atomic E-state index is 13.5. The van der Waals surface area contributed by atoms with Gasteiger partial charge in [-0.2, -0.15) is 0 Å². The molecular weight excluding hydrogens is 374 g/mol. The Morgan fingerprint density at radius 1 is 0.966 bits per heavy atom. The average Bonchev–Trinajstić information content (AvgIpc) is 3.09. The molecule has 0 fully saturated rings. The van der Waals surface area contributed by atoms with Gasteiger partial charge in [0.05, 0.1) is 17.9 Å². The first-order chi connectivity index (χ1) is 13.8. The fourth-order valence-corrected chi connectivity index (χ4v) is 3.62. The molecule has 7 heteroatoms. The minimum absolute atomic E-state index is 0.121. The van der Waals surface area contributed by atoms with Gasteiger partial charge in [0.15, 0.2) is 0 Å². The number of carbonyl (C=O) groups is 1. The highest BCUT2D eigenvalue weighted by atomic mass is 19.1. The van der Waals surface area contributed by atoms with Gasteiger partial charge in [0.1, 0.15) is 23.0 Å². The van der Waals surface area contributed by atoms with Crippen LogP contribution in [-0.4, -0.2) is 26.9 Å². The van der Waals surface area contributed by atoms with Crippen molar-refractivity contribution in [2.75, 3.05) is 6.54 Å². The molecule has 2 aromatic carbocycles. The van der Waals surface area contributed by atoms with Gasteiger partial charge in [-0.1, -0.05) is 0 Å². The Balaban J connectivity index is 1.97. The van der Waals surface area contributed by atoms with Crippen LogP contribution in [0.15, 0.2) is 54.7 Å². The van der Waals surface area contributed by atoms with E-state index in [-0.39, 0.29) is 24.1 Å². The molecule has 148 valence electrons. The van der Waals surface area contributed by atoms with Gasteiger partial charge in [-0.15, -0.1) is 0 Å². The second-order valence-electron chi connectivity index (χ2n) is 7.34. The third-order valence-electron chi connectivity index (χ3n) is 5.10. The SMILES string of the molecule is CC1(C)c2nc(-c3ccc(F)cc3)c(-c3ccc(F)cc3)n2C=CN1C(=O)CN. The predicted molar refractivity (Wildman–Crippen MR) is 107 cm³/mol.